The minimum Gasteiger partial charge on any atom is -0.465 e. The predicted octanol–water partition coefficient (Wildman–Crippen LogP) is 2.08. The van der Waals surface area contributed by atoms with Crippen molar-refractivity contribution in [1.29, 1.82) is 0 Å². The number of ether oxygens (including phenoxy) is 1. The third kappa shape index (κ3) is 2.12. The molecule has 0 aliphatic heterocycles. The van der Waals surface area contributed by atoms with Crippen molar-refractivity contribution in [3.05, 3.63) is 52.3 Å². The first-order valence-electron chi connectivity index (χ1n) is 5.06. The molecule has 2 aromatic rings. The molecule has 5 nitrogen and oxygen atoms in total. The number of carbonyl (C=O) groups is 2. The maximum absolute atomic E-state index is 12.2. The van der Waals surface area contributed by atoms with Gasteiger partial charge in [0, 0.05) is 11.8 Å². The van der Waals surface area contributed by atoms with Crippen LogP contribution in [0.2, 0.25) is 5.02 Å². The van der Waals surface area contributed by atoms with E-state index in [1.807, 2.05) is 0 Å². The summed E-state index contributed by atoms with van der Waals surface area (Å²) in [6, 6.07) is 6.56. The van der Waals surface area contributed by atoms with Crippen molar-refractivity contribution in [2.24, 2.45) is 0 Å². The smallest absolute Gasteiger partial charge is 0.341 e. The Labute approximate surface area is 108 Å². The van der Waals surface area contributed by atoms with Crippen LogP contribution in [0.4, 0.5) is 0 Å². The largest absolute Gasteiger partial charge is 0.465 e. The summed E-state index contributed by atoms with van der Waals surface area (Å²) in [4.78, 5) is 23.6. The Balaban J connectivity index is 2.45. The summed E-state index contributed by atoms with van der Waals surface area (Å²) in [5.74, 6) is -1.05. The van der Waals surface area contributed by atoms with E-state index in [1.54, 1.807) is 24.3 Å². The molecule has 0 aliphatic rings. The zero-order valence-electron chi connectivity index (χ0n) is 9.44. The van der Waals surface area contributed by atoms with Crippen LogP contribution in [-0.2, 0) is 4.74 Å². The number of hydrogen-bond acceptors (Lipinski definition) is 4. The molecule has 2 rings (SSSR count). The Hall–Kier alpha value is -2.14. The molecule has 0 aliphatic carbocycles. The van der Waals surface area contributed by atoms with Gasteiger partial charge in [-0.3, -0.25) is 9.89 Å². The number of H-pyrrole nitrogens is 1. The summed E-state index contributed by atoms with van der Waals surface area (Å²) >= 11 is 5.93. The van der Waals surface area contributed by atoms with Gasteiger partial charge in [-0.2, -0.15) is 5.10 Å². The molecule has 0 bridgehead atoms. The molecule has 6 heteroatoms. The summed E-state index contributed by atoms with van der Waals surface area (Å²) in [7, 11) is 1.24. The first-order chi connectivity index (χ1) is 8.65. The van der Waals surface area contributed by atoms with E-state index in [-0.39, 0.29) is 16.8 Å². The highest BCUT2D eigenvalue weighted by atomic mass is 35.5. The Morgan fingerprint density at radius 3 is 2.67 bits per heavy atom. The molecule has 92 valence electrons. The number of carbonyl (C=O) groups excluding carboxylic acids is 2. The van der Waals surface area contributed by atoms with Gasteiger partial charge in [0.1, 0.15) is 11.3 Å². The number of nitrogens with one attached hydrogen (secondary N) is 1. The Morgan fingerprint density at radius 2 is 2.00 bits per heavy atom. The van der Waals surface area contributed by atoms with Gasteiger partial charge in [0.05, 0.1) is 12.1 Å². The van der Waals surface area contributed by atoms with Crippen molar-refractivity contribution in [2.75, 3.05) is 7.11 Å². The van der Waals surface area contributed by atoms with Crippen molar-refractivity contribution in [1.82, 2.24) is 10.2 Å². The van der Waals surface area contributed by atoms with Gasteiger partial charge in [-0.1, -0.05) is 23.7 Å². The fourth-order valence-corrected chi connectivity index (χ4v) is 1.72. The second-order valence-electron chi connectivity index (χ2n) is 3.45. The summed E-state index contributed by atoms with van der Waals surface area (Å²) in [5, 5.41) is 6.54. The van der Waals surface area contributed by atoms with E-state index in [4.69, 9.17) is 11.6 Å². The fourth-order valence-electron chi connectivity index (χ4n) is 1.50. The average molecular weight is 265 g/mol. The molecule has 0 amide bonds. The lowest BCUT2D eigenvalue weighted by molar-refractivity contribution is 0.0597. The monoisotopic (exact) mass is 264 g/mol. The van der Waals surface area contributed by atoms with Gasteiger partial charge in [0.15, 0.2) is 0 Å². The molecule has 0 radical (unpaired) electrons. The van der Waals surface area contributed by atoms with Crippen molar-refractivity contribution in [3.8, 4) is 0 Å². The molecule has 1 aromatic carbocycles. The van der Waals surface area contributed by atoms with Crippen LogP contribution < -0.4 is 0 Å². The molecule has 1 heterocycles. The van der Waals surface area contributed by atoms with Crippen LogP contribution in [0.1, 0.15) is 26.4 Å². The lowest BCUT2D eigenvalue weighted by atomic mass is 10.1. The second kappa shape index (κ2) is 5.01. The van der Waals surface area contributed by atoms with Gasteiger partial charge >= 0.3 is 5.97 Å². The van der Waals surface area contributed by atoms with E-state index >= 15 is 0 Å². The van der Waals surface area contributed by atoms with E-state index in [0.29, 0.717) is 5.02 Å². The van der Waals surface area contributed by atoms with Gasteiger partial charge in [-0.15, -0.1) is 0 Å². The summed E-state index contributed by atoms with van der Waals surface area (Å²) in [6.45, 7) is 0. The number of halogens is 1. The number of methoxy groups -OCH3 is 1. The maximum atomic E-state index is 12.2. The third-order valence-corrected chi connectivity index (χ3v) is 2.71. The van der Waals surface area contributed by atoms with E-state index in [2.05, 4.69) is 14.9 Å². The van der Waals surface area contributed by atoms with Gasteiger partial charge in [-0.25, -0.2) is 4.79 Å². The fraction of sp³-hybridized carbons (Fsp3) is 0.0833. The molecular formula is C12H9ClN2O3. The lowest BCUT2D eigenvalue weighted by Crippen LogP contribution is -2.10. The number of aromatic nitrogens is 2. The van der Waals surface area contributed by atoms with Gasteiger partial charge in [0.2, 0.25) is 5.78 Å². The molecule has 0 fully saturated rings. The zero-order valence-corrected chi connectivity index (χ0v) is 10.2. The van der Waals surface area contributed by atoms with Crippen LogP contribution in [0.25, 0.3) is 0 Å². The number of hydrogen-bond donors (Lipinski definition) is 1. The topological polar surface area (TPSA) is 72.1 Å². The predicted molar refractivity (Wildman–Crippen MR) is 64.8 cm³/mol. The second-order valence-corrected chi connectivity index (χ2v) is 3.86. The van der Waals surface area contributed by atoms with Crippen molar-refractivity contribution >= 4 is 23.4 Å². The van der Waals surface area contributed by atoms with Crippen molar-refractivity contribution in [2.45, 2.75) is 0 Å². The molecule has 18 heavy (non-hydrogen) atoms. The van der Waals surface area contributed by atoms with Crippen LogP contribution in [0.5, 0.6) is 0 Å². The number of ketones is 1. The van der Waals surface area contributed by atoms with Gasteiger partial charge < -0.3 is 4.74 Å². The standard InChI is InChI=1S/C12H9ClN2O3/c1-18-12(17)8-6-14-15-10(8)11(16)7-4-2-3-5-9(7)13/h2-6H,1H3,(H,14,15). The minimum atomic E-state index is -0.626. The number of nitrogens with zero attached hydrogens (tertiary/aromatic N) is 1. The van der Waals surface area contributed by atoms with Crippen LogP contribution in [0.3, 0.4) is 0 Å². The van der Waals surface area contributed by atoms with Crippen LogP contribution in [0, 0.1) is 0 Å². The summed E-state index contributed by atoms with van der Waals surface area (Å²) in [6.07, 6.45) is 1.32. The molecule has 0 unspecified atom stereocenters. The highest BCUT2D eigenvalue weighted by molar-refractivity contribution is 6.35. The van der Waals surface area contributed by atoms with Crippen LogP contribution in [-0.4, -0.2) is 29.1 Å². The summed E-state index contributed by atoms with van der Waals surface area (Å²) < 4.78 is 4.57. The lowest BCUT2D eigenvalue weighted by Gasteiger charge is -2.02. The molecule has 1 aromatic heterocycles. The normalized spacial score (nSPS) is 10.1. The van der Waals surface area contributed by atoms with Crippen molar-refractivity contribution in [3.63, 3.8) is 0 Å². The number of esters is 1. The highest BCUT2D eigenvalue weighted by Crippen LogP contribution is 2.20. The third-order valence-electron chi connectivity index (χ3n) is 2.38. The molecule has 0 saturated carbocycles. The van der Waals surface area contributed by atoms with Crippen molar-refractivity contribution < 1.29 is 14.3 Å². The Bertz CT molecular complexity index is 607. The zero-order chi connectivity index (χ0) is 13.1. The molecule has 0 saturated heterocycles. The quantitative estimate of drug-likeness (QED) is 0.680. The van der Waals surface area contributed by atoms with E-state index in [0.717, 1.165) is 0 Å². The number of rotatable bonds is 3. The van der Waals surface area contributed by atoms with Gasteiger partial charge in [-0.05, 0) is 12.1 Å². The Morgan fingerprint density at radius 1 is 1.28 bits per heavy atom. The average Bonchev–Trinajstić information content (AvgIpc) is 2.86. The van der Waals surface area contributed by atoms with E-state index in [9.17, 15) is 9.59 Å². The molecule has 1 N–H and O–H groups in total. The Kier molecular flexibility index (Phi) is 3.43. The molecule has 0 spiro atoms. The van der Waals surface area contributed by atoms with E-state index in [1.165, 1.54) is 13.3 Å². The summed E-state index contributed by atoms with van der Waals surface area (Å²) in [5.41, 5.74) is 0.369. The molecular weight excluding hydrogens is 256 g/mol. The first kappa shape index (κ1) is 12.3. The minimum absolute atomic E-state index is 0.00468. The van der Waals surface area contributed by atoms with Crippen LogP contribution >= 0.6 is 11.6 Å². The SMILES string of the molecule is COC(=O)c1c[nH]nc1C(=O)c1ccccc1Cl. The number of aromatic amines is 1. The van der Waals surface area contributed by atoms with Gasteiger partial charge in [0.25, 0.3) is 0 Å². The van der Waals surface area contributed by atoms with Crippen LogP contribution in [0.15, 0.2) is 30.5 Å². The number of benzene rings is 1. The first-order valence-corrected chi connectivity index (χ1v) is 5.44. The molecule has 0 atom stereocenters. The highest BCUT2D eigenvalue weighted by Gasteiger charge is 2.23. The maximum Gasteiger partial charge on any atom is 0.341 e. The van der Waals surface area contributed by atoms with E-state index < -0.39 is 11.8 Å².